The first-order valence-corrected chi connectivity index (χ1v) is 6.60. The Labute approximate surface area is 104 Å². The molecule has 1 aliphatic heterocycles. The number of nitrogens with two attached hydrogens (primary N) is 1. The van der Waals surface area contributed by atoms with E-state index in [2.05, 4.69) is 26.1 Å². The third-order valence-electron chi connectivity index (χ3n) is 4.15. The number of amides is 1. The molecule has 0 bridgehead atoms. The fraction of sp³-hybridized carbons (Fsp3) is 0.923. The topological polar surface area (TPSA) is 64.3 Å². The van der Waals surface area contributed by atoms with E-state index >= 15 is 0 Å². The van der Waals surface area contributed by atoms with Gasteiger partial charge in [0, 0.05) is 12.1 Å². The van der Waals surface area contributed by atoms with Gasteiger partial charge in [-0.05, 0) is 19.8 Å². The number of nitrogens with one attached hydrogen (secondary N) is 1. The van der Waals surface area contributed by atoms with Gasteiger partial charge in [-0.3, -0.25) is 4.79 Å². The molecule has 0 saturated carbocycles. The molecule has 3 atom stereocenters. The molecule has 0 aromatic carbocycles. The third kappa shape index (κ3) is 2.99. The van der Waals surface area contributed by atoms with Crippen molar-refractivity contribution in [3.63, 3.8) is 0 Å². The van der Waals surface area contributed by atoms with Crippen molar-refractivity contribution in [2.24, 2.45) is 17.1 Å². The Morgan fingerprint density at radius 3 is 2.53 bits per heavy atom. The lowest BCUT2D eigenvalue weighted by molar-refractivity contribution is -0.131. The molecule has 0 aliphatic carbocycles. The van der Waals surface area contributed by atoms with Crippen LogP contribution in [0.5, 0.6) is 0 Å². The van der Waals surface area contributed by atoms with Gasteiger partial charge in [-0.2, -0.15) is 0 Å². The number of carbonyl (C=O) groups is 1. The predicted molar refractivity (Wildman–Crippen MR) is 68.6 cm³/mol. The van der Waals surface area contributed by atoms with E-state index in [4.69, 9.17) is 10.5 Å². The van der Waals surface area contributed by atoms with E-state index in [1.165, 1.54) is 0 Å². The summed E-state index contributed by atoms with van der Waals surface area (Å²) in [6.07, 6.45) is 2.16. The third-order valence-corrected chi connectivity index (χ3v) is 4.15. The first-order chi connectivity index (χ1) is 7.95. The van der Waals surface area contributed by atoms with Gasteiger partial charge in [0.05, 0.1) is 18.6 Å². The minimum absolute atomic E-state index is 0.0295. The highest BCUT2D eigenvalue weighted by Crippen LogP contribution is 2.27. The average Bonchev–Trinajstić information content (AvgIpc) is 2.62. The normalized spacial score (nSPS) is 30.6. The van der Waals surface area contributed by atoms with Gasteiger partial charge in [0.2, 0.25) is 5.91 Å². The van der Waals surface area contributed by atoms with Crippen LogP contribution in [-0.4, -0.2) is 31.2 Å². The molecule has 0 aromatic rings. The second kappa shape index (κ2) is 5.83. The highest BCUT2D eigenvalue weighted by molar-refractivity contribution is 5.83. The van der Waals surface area contributed by atoms with Crippen LogP contribution < -0.4 is 11.1 Å². The minimum Gasteiger partial charge on any atom is -0.379 e. The summed E-state index contributed by atoms with van der Waals surface area (Å²) in [6, 6.07) is -0.00136. The molecular weight excluding hydrogens is 216 g/mol. The summed E-state index contributed by atoms with van der Waals surface area (Å²) >= 11 is 0. The van der Waals surface area contributed by atoms with Crippen LogP contribution in [0.3, 0.4) is 0 Å². The fourth-order valence-electron chi connectivity index (χ4n) is 2.41. The Kier molecular flexibility index (Phi) is 4.95. The smallest absolute Gasteiger partial charge is 0.230 e. The van der Waals surface area contributed by atoms with E-state index in [1.807, 2.05) is 6.92 Å². The number of ether oxygens (including phenoxy) is 1. The summed E-state index contributed by atoms with van der Waals surface area (Å²) in [6.45, 7) is 9.17. The molecule has 1 aliphatic rings. The van der Waals surface area contributed by atoms with Gasteiger partial charge in [0.15, 0.2) is 0 Å². The van der Waals surface area contributed by atoms with Gasteiger partial charge < -0.3 is 15.8 Å². The average molecular weight is 242 g/mol. The van der Waals surface area contributed by atoms with Gasteiger partial charge in [-0.15, -0.1) is 0 Å². The van der Waals surface area contributed by atoms with Crippen molar-refractivity contribution in [1.29, 1.82) is 0 Å². The lowest BCUT2D eigenvalue weighted by Gasteiger charge is -2.30. The van der Waals surface area contributed by atoms with Gasteiger partial charge in [-0.1, -0.05) is 26.7 Å². The highest BCUT2D eigenvalue weighted by atomic mass is 16.5. The standard InChI is InChI=1S/C13H26N2O2/c1-5-10(6-2)9(3)15-12(16)13(4)8-17-7-11(13)14/h9-11H,5-8,14H2,1-4H3,(H,15,16). The molecule has 4 heteroatoms. The fourth-order valence-corrected chi connectivity index (χ4v) is 2.41. The Morgan fingerprint density at radius 2 is 2.12 bits per heavy atom. The van der Waals surface area contributed by atoms with Gasteiger partial charge in [0.25, 0.3) is 0 Å². The molecule has 0 aromatic heterocycles. The van der Waals surface area contributed by atoms with Crippen LogP contribution in [0.2, 0.25) is 0 Å². The van der Waals surface area contributed by atoms with Crippen LogP contribution in [0.4, 0.5) is 0 Å². The van der Waals surface area contributed by atoms with Gasteiger partial charge in [0.1, 0.15) is 0 Å². The maximum absolute atomic E-state index is 12.3. The molecule has 100 valence electrons. The van der Waals surface area contributed by atoms with Crippen LogP contribution in [0.25, 0.3) is 0 Å². The molecule has 1 amide bonds. The second-order valence-corrected chi connectivity index (χ2v) is 5.38. The zero-order valence-electron chi connectivity index (χ0n) is 11.5. The number of hydrogen-bond donors (Lipinski definition) is 2. The molecule has 1 rings (SSSR count). The molecular formula is C13H26N2O2. The van der Waals surface area contributed by atoms with Crippen LogP contribution in [0.15, 0.2) is 0 Å². The monoisotopic (exact) mass is 242 g/mol. The van der Waals surface area contributed by atoms with Crippen molar-refractivity contribution in [1.82, 2.24) is 5.32 Å². The van der Waals surface area contributed by atoms with E-state index in [9.17, 15) is 4.79 Å². The molecule has 0 spiro atoms. The van der Waals surface area contributed by atoms with Crippen molar-refractivity contribution in [2.45, 2.75) is 52.6 Å². The first kappa shape index (κ1) is 14.5. The molecule has 1 saturated heterocycles. The molecule has 4 nitrogen and oxygen atoms in total. The van der Waals surface area contributed by atoms with Crippen molar-refractivity contribution >= 4 is 5.91 Å². The van der Waals surface area contributed by atoms with Crippen LogP contribution >= 0.6 is 0 Å². The Bertz CT molecular complexity index is 266. The molecule has 0 radical (unpaired) electrons. The zero-order valence-corrected chi connectivity index (χ0v) is 11.5. The minimum atomic E-state index is -0.569. The molecule has 3 unspecified atom stereocenters. The van der Waals surface area contributed by atoms with Crippen LogP contribution in [0, 0.1) is 11.3 Å². The van der Waals surface area contributed by atoms with Crippen LogP contribution in [-0.2, 0) is 9.53 Å². The second-order valence-electron chi connectivity index (χ2n) is 5.38. The van der Waals surface area contributed by atoms with E-state index in [-0.39, 0.29) is 18.0 Å². The summed E-state index contributed by atoms with van der Waals surface area (Å²) in [5, 5.41) is 3.10. The summed E-state index contributed by atoms with van der Waals surface area (Å²) in [5.74, 6) is 0.558. The molecule has 1 heterocycles. The van der Waals surface area contributed by atoms with Crippen molar-refractivity contribution < 1.29 is 9.53 Å². The Balaban J connectivity index is 2.59. The van der Waals surface area contributed by atoms with Crippen molar-refractivity contribution in [3.05, 3.63) is 0 Å². The Hall–Kier alpha value is -0.610. The summed E-state index contributed by atoms with van der Waals surface area (Å²) in [4.78, 5) is 12.3. The quantitative estimate of drug-likeness (QED) is 0.763. The van der Waals surface area contributed by atoms with Gasteiger partial charge in [-0.25, -0.2) is 0 Å². The van der Waals surface area contributed by atoms with E-state index in [0.29, 0.717) is 19.1 Å². The first-order valence-electron chi connectivity index (χ1n) is 6.60. The molecule has 3 N–H and O–H groups in total. The summed E-state index contributed by atoms with van der Waals surface area (Å²) < 4.78 is 5.30. The maximum atomic E-state index is 12.3. The van der Waals surface area contributed by atoms with E-state index in [0.717, 1.165) is 12.8 Å². The predicted octanol–water partition coefficient (Wildman–Crippen LogP) is 1.29. The summed E-state index contributed by atoms with van der Waals surface area (Å²) in [7, 11) is 0. The molecule has 1 fully saturated rings. The largest absolute Gasteiger partial charge is 0.379 e. The number of carbonyl (C=O) groups excluding carboxylic acids is 1. The lowest BCUT2D eigenvalue weighted by Crippen LogP contribution is -2.53. The van der Waals surface area contributed by atoms with E-state index in [1.54, 1.807) is 0 Å². The van der Waals surface area contributed by atoms with Crippen molar-refractivity contribution in [2.75, 3.05) is 13.2 Å². The van der Waals surface area contributed by atoms with Gasteiger partial charge >= 0.3 is 0 Å². The SMILES string of the molecule is CCC(CC)C(C)NC(=O)C1(C)COCC1N. The zero-order chi connectivity index (χ0) is 13.1. The number of rotatable bonds is 5. The number of hydrogen-bond acceptors (Lipinski definition) is 3. The maximum Gasteiger partial charge on any atom is 0.230 e. The highest BCUT2D eigenvalue weighted by Gasteiger charge is 2.44. The van der Waals surface area contributed by atoms with Crippen LogP contribution in [0.1, 0.15) is 40.5 Å². The molecule has 17 heavy (non-hydrogen) atoms. The lowest BCUT2D eigenvalue weighted by atomic mass is 9.84. The van der Waals surface area contributed by atoms with Crippen molar-refractivity contribution in [3.8, 4) is 0 Å². The Morgan fingerprint density at radius 1 is 1.53 bits per heavy atom. The summed E-state index contributed by atoms with van der Waals surface area (Å²) in [5.41, 5.74) is 5.38. The van der Waals surface area contributed by atoms with E-state index < -0.39 is 5.41 Å².